The van der Waals surface area contributed by atoms with Crippen molar-refractivity contribution in [2.45, 2.75) is 96.6 Å². The molecule has 1 aromatic rings. The van der Waals surface area contributed by atoms with Crippen molar-refractivity contribution in [3.05, 3.63) is 11.3 Å². The van der Waals surface area contributed by atoms with E-state index in [2.05, 4.69) is 23.5 Å². The van der Waals surface area contributed by atoms with Crippen LogP contribution in [0.1, 0.15) is 72.1 Å². The van der Waals surface area contributed by atoms with Crippen molar-refractivity contribution in [1.82, 2.24) is 14.7 Å². The van der Waals surface area contributed by atoms with Crippen LogP contribution in [0.5, 0.6) is 0 Å². The normalized spacial score (nSPS) is 18.7. The summed E-state index contributed by atoms with van der Waals surface area (Å²) in [5.41, 5.74) is -0.276. The molecule has 10 heteroatoms. The molecule has 1 aliphatic heterocycles. The number of amides is 2. The Labute approximate surface area is 191 Å². The Morgan fingerprint density at radius 2 is 1.78 bits per heavy atom. The molecule has 2 heterocycles. The average molecular weight is 465 g/mol. The van der Waals surface area contributed by atoms with Crippen LogP contribution in [0.2, 0.25) is 18.1 Å². The van der Waals surface area contributed by atoms with E-state index in [0.717, 1.165) is 23.9 Å². The van der Waals surface area contributed by atoms with Gasteiger partial charge in [0.25, 0.3) is 0 Å². The largest absolute Gasteiger partial charge is 0.448 e. The van der Waals surface area contributed by atoms with Crippen LogP contribution in [-0.4, -0.2) is 53.8 Å². The predicted octanol–water partition coefficient (Wildman–Crippen LogP) is 4.22. The molecule has 1 fully saturated rings. The fourth-order valence-corrected chi connectivity index (χ4v) is 6.65. The molecule has 0 atom stereocenters. The Morgan fingerprint density at radius 3 is 2.25 bits per heavy atom. The molecule has 0 unspecified atom stereocenters. The topological polar surface area (TPSA) is 103 Å². The van der Waals surface area contributed by atoms with E-state index < -0.39 is 32.1 Å². The molecule has 2 aliphatic rings. The fraction of sp³-hybridized carbons (Fsp3) is 0.727. The molecule has 9 nitrogen and oxygen atoms in total. The van der Waals surface area contributed by atoms with Crippen LogP contribution in [0.3, 0.4) is 0 Å². The molecule has 0 bridgehead atoms. The number of nitrogens with zero attached hydrogens (tertiary/aromatic N) is 3. The van der Waals surface area contributed by atoms with Gasteiger partial charge in [0.2, 0.25) is 5.91 Å². The molecule has 1 saturated carbocycles. The Morgan fingerprint density at radius 1 is 1.16 bits per heavy atom. The third-order valence-corrected chi connectivity index (χ3v) is 9.69. The minimum atomic E-state index is -1.29. The van der Waals surface area contributed by atoms with Crippen LogP contribution in [0.25, 0.3) is 0 Å². The van der Waals surface area contributed by atoms with E-state index in [0.29, 0.717) is 17.1 Å². The summed E-state index contributed by atoms with van der Waals surface area (Å²) in [5.74, 6) is 0.232. The van der Waals surface area contributed by atoms with Gasteiger partial charge in [0.05, 0.1) is 24.4 Å². The van der Waals surface area contributed by atoms with Crippen molar-refractivity contribution in [1.29, 1.82) is 0 Å². The highest BCUT2D eigenvalue weighted by atomic mass is 28.3. The molecule has 3 rings (SSSR count). The second-order valence-corrected chi connectivity index (χ2v) is 13.9. The zero-order chi connectivity index (χ0) is 24.1. The summed E-state index contributed by atoms with van der Waals surface area (Å²) in [6, 6.07) is 0. The Kier molecular flexibility index (Phi) is 6.22. The van der Waals surface area contributed by atoms with Crippen molar-refractivity contribution in [2.75, 3.05) is 11.9 Å². The first-order chi connectivity index (χ1) is 14.7. The molecule has 0 radical (unpaired) electrons. The molecular weight excluding hydrogens is 428 g/mol. The lowest BCUT2D eigenvalue weighted by Gasteiger charge is -2.43. The zero-order valence-corrected chi connectivity index (χ0v) is 21.7. The summed E-state index contributed by atoms with van der Waals surface area (Å²) in [7, 11) is -1.29. The maximum atomic E-state index is 13.4. The van der Waals surface area contributed by atoms with Gasteiger partial charge < -0.3 is 14.8 Å². The zero-order valence-electron chi connectivity index (χ0n) is 20.5. The van der Waals surface area contributed by atoms with Crippen molar-refractivity contribution >= 4 is 32.7 Å². The van der Waals surface area contributed by atoms with Gasteiger partial charge in [0.1, 0.15) is 11.4 Å². The molecule has 0 aromatic carbocycles. The number of hydrogen-bond donors (Lipinski definition) is 1. The maximum Gasteiger partial charge on any atom is 0.436 e. The molecule has 1 aromatic heterocycles. The number of carbonyl (C=O) groups is 3. The molecule has 32 heavy (non-hydrogen) atoms. The van der Waals surface area contributed by atoms with Crippen LogP contribution < -0.4 is 5.32 Å². The monoisotopic (exact) mass is 464 g/mol. The number of nitrogens with one attached hydrogen (secondary N) is 1. The van der Waals surface area contributed by atoms with E-state index in [1.54, 1.807) is 11.8 Å². The first-order valence-electron chi connectivity index (χ1n) is 11.4. The van der Waals surface area contributed by atoms with Gasteiger partial charge in [0.15, 0.2) is 0 Å². The van der Waals surface area contributed by atoms with E-state index in [1.807, 2.05) is 34.6 Å². The van der Waals surface area contributed by atoms with Crippen LogP contribution >= 0.6 is 0 Å². The van der Waals surface area contributed by atoms with Gasteiger partial charge in [-0.05, 0) is 54.4 Å². The van der Waals surface area contributed by atoms with Gasteiger partial charge in [-0.3, -0.25) is 9.69 Å². The van der Waals surface area contributed by atoms with E-state index in [1.165, 1.54) is 0 Å². The third-order valence-electron chi connectivity index (χ3n) is 6.64. The molecule has 1 aliphatic carbocycles. The minimum absolute atomic E-state index is 0.0628. The van der Waals surface area contributed by atoms with E-state index in [4.69, 9.17) is 9.47 Å². The summed E-state index contributed by atoms with van der Waals surface area (Å²) in [5, 5.41) is 7.20. The summed E-state index contributed by atoms with van der Waals surface area (Å²) >= 11 is 0. The van der Waals surface area contributed by atoms with Gasteiger partial charge >= 0.3 is 12.2 Å². The Bertz CT molecular complexity index is 927. The number of hydrogen-bond acceptors (Lipinski definition) is 6. The highest BCUT2D eigenvalue weighted by Crippen LogP contribution is 2.52. The molecule has 0 saturated heterocycles. The molecule has 2 amide bonds. The number of ether oxygens (including phenoxy) is 2. The first-order valence-corrected chi connectivity index (χ1v) is 14.2. The van der Waals surface area contributed by atoms with E-state index >= 15 is 0 Å². The smallest absolute Gasteiger partial charge is 0.436 e. The number of anilines is 1. The fourth-order valence-electron chi connectivity index (χ4n) is 4.49. The first kappa shape index (κ1) is 24.3. The summed E-state index contributed by atoms with van der Waals surface area (Å²) in [4.78, 5) is 40.5. The van der Waals surface area contributed by atoms with E-state index in [-0.39, 0.29) is 24.1 Å². The molecular formula is C22H36N4O5Si. The second kappa shape index (κ2) is 8.20. The quantitative estimate of drug-likeness (QED) is 0.669. The molecule has 1 N–H and O–H groups in total. The van der Waals surface area contributed by atoms with Crippen LogP contribution in [-0.2, 0) is 26.4 Å². The lowest BCUT2D eigenvalue weighted by molar-refractivity contribution is -0.121. The lowest BCUT2D eigenvalue weighted by Crippen LogP contribution is -2.45. The van der Waals surface area contributed by atoms with Crippen molar-refractivity contribution < 1.29 is 23.9 Å². The maximum absolute atomic E-state index is 13.4. The van der Waals surface area contributed by atoms with Gasteiger partial charge in [-0.15, -0.1) is 4.68 Å². The standard InChI is InChI=1S/C22H36N4O5Si/c1-9-30-19(29)26-16(23-17(27)22(32(7)8)11-10-12-22)14-13-25(18(28)31-20(2,3)4)21(5,6)15(14)24-26/h32H,9-13H2,1-8H3,(H,23,27). The van der Waals surface area contributed by atoms with Crippen molar-refractivity contribution in [3.8, 4) is 0 Å². The van der Waals surface area contributed by atoms with Crippen molar-refractivity contribution in [2.24, 2.45) is 0 Å². The Balaban J connectivity index is 2.00. The predicted molar refractivity (Wildman–Crippen MR) is 124 cm³/mol. The highest BCUT2D eigenvalue weighted by Gasteiger charge is 2.50. The minimum Gasteiger partial charge on any atom is -0.448 e. The summed E-state index contributed by atoms with van der Waals surface area (Å²) in [6.07, 6.45) is 1.65. The van der Waals surface area contributed by atoms with Crippen LogP contribution in [0, 0.1) is 0 Å². The highest BCUT2D eigenvalue weighted by molar-refractivity contribution is 6.65. The summed E-state index contributed by atoms with van der Waals surface area (Å²) in [6.45, 7) is 15.6. The van der Waals surface area contributed by atoms with Gasteiger partial charge in [-0.2, -0.15) is 5.10 Å². The van der Waals surface area contributed by atoms with Crippen LogP contribution in [0.15, 0.2) is 0 Å². The lowest BCUT2D eigenvalue weighted by atomic mass is 9.83. The number of aromatic nitrogens is 2. The number of rotatable bonds is 4. The average Bonchev–Trinajstić information content (AvgIpc) is 3.07. The molecule has 178 valence electrons. The van der Waals surface area contributed by atoms with Crippen LogP contribution in [0.4, 0.5) is 15.4 Å². The van der Waals surface area contributed by atoms with Crippen molar-refractivity contribution in [3.63, 3.8) is 0 Å². The van der Waals surface area contributed by atoms with Gasteiger partial charge in [-0.25, -0.2) is 9.59 Å². The van der Waals surface area contributed by atoms with Gasteiger partial charge in [-0.1, -0.05) is 19.5 Å². The van der Waals surface area contributed by atoms with E-state index in [9.17, 15) is 14.4 Å². The Hall–Kier alpha value is -2.36. The SMILES string of the molecule is CCOC(=O)n1nc2c(c1NC(=O)C1([SiH](C)C)CCC1)CN(C(=O)OC(C)(C)C)C2(C)C. The number of fused-ring (bicyclic) bond motifs is 1. The number of carbonyl (C=O) groups excluding carboxylic acids is 3. The third kappa shape index (κ3) is 4.04. The van der Waals surface area contributed by atoms with Gasteiger partial charge in [0, 0.05) is 19.4 Å². The second-order valence-electron chi connectivity index (χ2n) is 10.5. The summed E-state index contributed by atoms with van der Waals surface area (Å²) < 4.78 is 11.9. The molecule has 0 spiro atoms.